The van der Waals surface area contributed by atoms with Gasteiger partial charge in [-0.05, 0) is 47.4 Å². The molecule has 1 aliphatic heterocycles. The lowest BCUT2D eigenvalue weighted by atomic mass is 9.91. The van der Waals surface area contributed by atoms with Gasteiger partial charge in [-0.3, -0.25) is 9.88 Å². The first-order valence-corrected chi connectivity index (χ1v) is 11.4. The topological polar surface area (TPSA) is 37.8 Å². The third-order valence-electron chi connectivity index (χ3n) is 6.38. The van der Waals surface area contributed by atoms with Crippen LogP contribution in [-0.4, -0.2) is 68.3 Å². The second-order valence-electron chi connectivity index (χ2n) is 8.33. The van der Waals surface area contributed by atoms with Crippen LogP contribution in [0, 0.1) is 0 Å². The number of benzene rings is 2. The zero-order chi connectivity index (χ0) is 22.2. The summed E-state index contributed by atoms with van der Waals surface area (Å²) in [5, 5.41) is 0. The quantitative estimate of drug-likeness (QED) is 0.510. The highest BCUT2D eigenvalue weighted by Crippen LogP contribution is 2.28. The van der Waals surface area contributed by atoms with Crippen LogP contribution in [0.5, 0.6) is 11.5 Å². The predicted octanol–water partition coefficient (Wildman–Crippen LogP) is 4.09. The molecule has 1 unspecified atom stereocenters. The molecule has 3 aromatic rings. The van der Waals surface area contributed by atoms with Crippen LogP contribution in [0.4, 0.5) is 0 Å². The number of methoxy groups -OCH3 is 2. The minimum absolute atomic E-state index is 0.373. The Hall–Kier alpha value is -2.89. The second kappa shape index (κ2) is 11.1. The lowest BCUT2D eigenvalue weighted by molar-refractivity contribution is 0.130. The van der Waals surface area contributed by atoms with E-state index in [1.54, 1.807) is 14.2 Å². The van der Waals surface area contributed by atoms with Gasteiger partial charge in [-0.15, -0.1) is 0 Å². The highest BCUT2D eigenvalue weighted by molar-refractivity contribution is 5.43. The average molecular weight is 432 g/mol. The first kappa shape index (κ1) is 22.3. The molecule has 0 radical (unpaired) electrons. The Kier molecular flexibility index (Phi) is 7.75. The Morgan fingerprint density at radius 1 is 0.781 bits per heavy atom. The van der Waals surface area contributed by atoms with Crippen LogP contribution in [0.1, 0.15) is 22.6 Å². The molecule has 1 aromatic heterocycles. The van der Waals surface area contributed by atoms with Crippen molar-refractivity contribution in [3.8, 4) is 11.5 Å². The van der Waals surface area contributed by atoms with Crippen molar-refractivity contribution in [1.29, 1.82) is 0 Å². The van der Waals surface area contributed by atoms with Crippen molar-refractivity contribution in [1.82, 2.24) is 14.8 Å². The van der Waals surface area contributed by atoms with Gasteiger partial charge in [0.1, 0.15) is 0 Å². The fourth-order valence-electron chi connectivity index (χ4n) is 4.46. The standard InChI is InChI=1S/C27H33N3O2/c1-31-26-9-8-22(20-27(26)32-2)12-15-29-16-18-30(19-17-29)21-25(23-6-4-3-5-7-23)24-10-13-28-14-11-24/h3-11,13-14,20,25H,12,15-19,21H2,1-2H3. The van der Waals surface area contributed by atoms with Crippen LogP contribution in [0.15, 0.2) is 73.1 Å². The molecule has 1 aliphatic rings. The lowest BCUT2D eigenvalue weighted by Gasteiger charge is -2.36. The average Bonchev–Trinajstić information content (AvgIpc) is 2.87. The van der Waals surface area contributed by atoms with Gasteiger partial charge in [0.2, 0.25) is 0 Å². The maximum absolute atomic E-state index is 5.44. The highest BCUT2D eigenvalue weighted by Gasteiger charge is 2.22. The van der Waals surface area contributed by atoms with E-state index in [4.69, 9.17) is 9.47 Å². The molecule has 0 amide bonds. The molecular formula is C27H33N3O2. The lowest BCUT2D eigenvalue weighted by Crippen LogP contribution is -2.48. The summed E-state index contributed by atoms with van der Waals surface area (Å²) in [5.74, 6) is 1.96. The smallest absolute Gasteiger partial charge is 0.160 e. The molecule has 0 spiro atoms. The van der Waals surface area contributed by atoms with E-state index in [-0.39, 0.29) is 0 Å². The SMILES string of the molecule is COc1ccc(CCN2CCN(CC(c3ccccc3)c3ccncc3)CC2)cc1OC. The largest absolute Gasteiger partial charge is 0.493 e. The zero-order valence-corrected chi connectivity index (χ0v) is 19.1. The highest BCUT2D eigenvalue weighted by atomic mass is 16.5. The van der Waals surface area contributed by atoms with Gasteiger partial charge in [-0.25, -0.2) is 0 Å². The van der Waals surface area contributed by atoms with E-state index in [1.165, 1.54) is 16.7 Å². The fraction of sp³-hybridized carbons (Fsp3) is 0.370. The molecule has 2 aromatic carbocycles. The molecule has 5 nitrogen and oxygen atoms in total. The number of nitrogens with zero attached hydrogens (tertiary/aromatic N) is 3. The molecule has 0 saturated carbocycles. The van der Waals surface area contributed by atoms with Gasteiger partial charge in [0, 0.05) is 57.6 Å². The molecule has 1 atom stereocenters. The number of pyridine rings is 1. The van der Waals surface area contributed by atoms with Gasteiger partial charge in [-0.2, -0.15) is 0 Å². The number of hydrogen-bond donors (Lipinski definition) is 0. The van der Waals surface area contributed by atoms with Gasteiger partial charge in [0.15, 0.2) is 11.5 Å². The maximum Gasteiger partial charge on any atom is 0.160 e. The molecule has 1 fully saturated rings. The monoisotopic (exact) mass is 431 g/mol. The summed E-state index contributed by atoms with van der Waals surface area (Å²) in [7, 11) is 3.36. The van der Waals surface area contributed by atoms with Crippen LogP contribution in [0.25, 0.3) is 0 Å². The number of piperazine rings is 1. The summed E-state index contributed by atoms with van der Waals surface area (Å²) in [6.07, 6.45) is 4.82. The predicted molar refractivity (Wildman–Crippen MR) is 129 cm³/mol. The van der Waals surface area contributed by atoms with Crippen LogP contribution in [-0.2, 0) is 6.42 Å². The Morgan fingerprint density at radius 2 is 1.44 bits per heavy atom. The van der Waals surface area contributed by atoms with E-state index in [9.17, 15) is 0 Å². The molecular weight excluding hydrogens is 398 g/mol. The summed E-state index contributed by atoms with van der Waals surface area (Å²) in [4.78, 5) is 9.38. The Balaban J connectivity index is 1.32. The second-order valence-corrected chi connectivity index (χ2v) is 8.33. The zero-order valence-electron chi connectivity index (χ0n) is 19.1. The number of aromatic nitrogens is 1. The Bertz CT molecular complexity index is 918. The molecule has 32 heavy (non-hydrogen) atoms. The van der Waals surface area contributed by atoms with Crippen molar-refractivity contribution in [2.45, 2.75) is 12.3 Å². The van der Waals surface area contributed by atoms with E-state index in [1.807, 2.05) is 18.5 Å². The van der Waals surface area contributed by atoms with E-state index in [2.05, 4.69) is 69.4 Å². The molecule has 4 rings (SSSR count). The third kappa shape index (κ3) is 5.67. The Morgan fingerprint density at radius 3 is 2.12 bits per heavy atom. The van der Waals surface area contributed by atoms with Gasteiger partial charge >= 0.3 is 0 Å². The van der Waals surface area contributed by atoms with E-state index < -0.39 is 0 Å². The van der Waals surface area contributed by atoms with Crippen molar-refractivity contribution in [3.05, 3.63) is 89.7 Å². The first-order chi connectivity index (χ1) is 15.8. The van der Waals surface area contributed by atoms with Crippen LogP contribution in [0.3, 0.4) is 0 Å². The van der Waals surface area contributed by atoms with Crippen LogP contribution >= 0.6 is 0 Å². The number of rotatable bonds is 9. The summed E-state index contributed by atoms with van der Waals surface area (Å²) in [6.45, 7) is 6.50. The van der Waals surface area contributed by atoms with Gasteiger partial charge < -0.3 is 14.4 Å². The van der Waals surface area contributed by atoms with Gasteiger partial charge in [0.25, 0.3) is 0 Å². The summed E-state index contributed by atoms with van der Waals surface area (Å²) < 4.78 is 10.8. The van der Waals surface area contributed by atoms with Crippen molar-refractivity contribution < 1.29 is 9.47 Å². The normalized spacial score (nSPS) is 15.9. The van der Waals surface area contributed by atoms with Crippen molar-refractivity contribution in [2.24, 2.45) is 0 Å². The third-order valence-corrected chi connectivity index (χ3v) is 6.38. The minimum atomic E-state index is 0.373. The van der Waals surface area contributed by atoms with Gasteiger partial charge in [-0.1, -0.05) is 36.4 Å². The summed E-state index contributed by atoms with van der Waals surface area (Å²) in [6, 6.07) is 21.4. The fourth-order valence-corrected chi connectivity index (χ4v) is 4.46. The van der Waals surface area contributed by atoms with E-state index >= 15 is 0 Å². The van der Waals surface area contributed by atoms with E-state index in [0.717, 1.165) is 57.2 Å². The molecule has 5 heteroatoms. The Labute approximate surface area is 191 Å². The summed E-state index contributed by atoms with van der Waals surface area (Å²) >= 11 is 0. The van der Waals surface area contributed by atoms with Gasteiger partial charge in [0.05, 0.1) is 14.2 Å². The number of hydrogen-bond acceptors (Lipinski definition) is 5. The molecule has 2 heterocycles. The molecule has 0 N–H and O–H groups in total. The molecule has 0 aliphatic carbocycles. The number of ether oxygens (including phenoxy) is 2. The van der Waals surface area contributed by atoms with Crippen molar-refractivity contribution in [2.75, 3.05) is 53.5 Å². The van der Waals surface area contributed by atoms with Crippen molar-refractivity contribution >= 4 is 0 Å². The minimum Gasteiger partial charge on any atom is -0.493 e. The van der Waals surface area contributed by atoms with E-state index in [0.29, 0.717) is 5.92 Å². The summed E-state index contributed by atoms with van der Waals surface area (Å²) in [5.41, 5.74) is 3.99. The first-order valence-electron chi connectivity index (χ1n) is 11.4. The molecule has 0 bridgehead atoms. The van der Waals surface area contributed by atoms with Crippen LogP contribution in [0.2, 0.25) is 0 Å². The van der Waals surface area contributed by atoms with Crippen molar-refractivity contribution in [3.63, 3.8) is 0 Å². The van der Waals surface area contributed by atoms with Crippen LogP contribution < -0.4 is 9.47 Å². The molecule has 168 valence electrons. The maximum atomic E-state index is 5.44. The molecule has 1 saturated heterocycles.